The summed E-state index contributed by atoms with van der Waals surface area (Å²) in [7, 11) is 2.07. The van der Waals surface area contributed by atoms with Crippen LogP contribution in [0.25, 0.3) is 0 Å². The third-order valence-electron chi connectivity index (χ3n) is 3.24. The van der Waals surface area contributed by atoms with Gasteiger partial charge < -0.3 is 15.4 Å². The number of nitrogens with zero attached hydrogens (tertiary/aromatic N) is 2. The van der Waals surface area contributed by atoms with Gasteiger partial charge in [-0.05, 0) is 25.2 Å². The number of nitrogens with two attached hydrogens (primary N) is 1. The molecule has 0 bridgehead atoms. The zero-order valence-corrected chi connectivity index (χ0v) is 12.1. The maximum absolute atomic E-state index is 5.73. The summed E-state index contributed by atoms with van der Waals surface area (Å²) in [5.41, 5.74) is 6.87. The van der Waals surface area contributed by atoms with Crippen molar-refractivity contribution < 1.29 is 4.74 Å². The molecule has 0 aliphatic heterocycles. The van der Waals surface area contributed by atoms with Gasteiger partial charge in [0.1, 0.15) is 0 Å². The van der Waals surface area contributed by atoms with Gasteiger partial charge in [0.15, 0.2) is 5.13 Å². The Balaban J connectivity index is 1.79. The second-order valence-corrected chi connectivity index (χ2v) is 5.93. The van der Waals surface area contributed by atoms with Crippen molar-refractivity contribution in [3.8, 4) is 0 Å². The summed E-state index contributed by atoms with van der Waals surface area (Å²) in [4.78, 5) is 8.00. The Labute approximate surface area is 113 Å². The van der Waals surface area contributed by atoms with Gasteiger partial charge in [-0.25, -0.2) is 4.98 Å². The molecule has 1 fully saturated rings. The van der Waals surface area contributed by atoms with Crippen LogP contribution in [0.4, 0.5) is 5.13 Å². The molecule has 2 rings (SSSR count). The van der Waals surface area contributed by atoms with Crippen molar-refractivity contribution in [2.24, 2.45) is 11.7 Å². The number of aromatic nitrogens is 1. The van der Waals surface area contributed by atoms with Crippen molar-refractivity contribution in [1.29, 1.82) is 0 Å². The molecule has 1 heterocycles. The fraction of sp³-hybridized carbons (Fsp3) is 0.769. The number of rotatable bonds is 8. The molecule has 0 saturated heterocycles. The van der Waals surface area contributed by atoms with Crippen LogP contribution in [0.2, 0.25) is 0 Å². The maximum Gasteiger partial charge on any atom is 0.185 e. The first-order valence-corrected chi connectivity index (χ1v) is 7.53. The number of aryl methyl sites for hydroxylation is 1. The lowest BCUT2D eigenvalue weighted by Crippen LogP contribution is -2.22. The minimum atomic E-state index is 0.590. The Morgan fingerprint density at radius 1 is 1.50 bits per heavy atom. The summed E-state index contributed by atoms with van der Waals surface area (Å²) in [5, 5.41) is 1.06. The molecule has 1 aromatic heterocycles. The van der Waals surface area contributed by atoms with Crippen LogP contribution in [0.3, 0.4) is 0 Å². The van der Waals surface area contributed by atoms with Gasteiger partial charge in [-0.1, -0.05) is 6.92 Å². The molecule has 1 saturated carbocycles. The third kappa shape index (κ3) is 3.67. The van der Waals surface area contributed by atoms with E-state index < -0.39 is 0 Å². The van der Waals surface area contributed by atoms with Crippen molar-refractivity contribution in [3.63, 3.8) is 0 Å². The molecule has 0 amide bonds. The van der Waals surface area contributed by atoms with Crippen molar-refractivity contribution in [1.82, 2.24) is 4.98 Å². The van der Waals surface area contributed by atoms with Crippen LogP contribution >= 0.6 is 11.3 Å². The standard InChI is InChI=1S/C13H23N3OS/c1-3-11-12(8-14)18-13(15-11)16(2)6-7-17-9-10-4-5-10/h10H,3-9,14H2,1-2H3. The molecule has 1 aromatic rings. The Hall–Kier alpha value is -0.650. The summed E-state index contributed by atoms with van der Waals surface area (Å²) in [6.45, 7) is 5.32. The molecule has 0 atom stereocenters. The minimum absolute atomic E-state index is 0.590. The van der Waals surface area contributed by atoms with Gasteiger partial charge in [0.2, 0.25) is 0 Å². The molecule has 18 heavy (non-hydrogen) atoms. The first kappa shape index (κ1) is 13.8. The van der Waals surface area contributed by atoms with E-state index in [1.54, 1.807) is 11.3 Å². The van der Waals surface area contributed by atoms with Gasteiger partial charge in [0, 0.05) is 31.6 Å². The topological polar surface area (TPSA) is 51.4 Å². The molecule has 4 nitrogen and oxygen atoms in total. The Kier molecular flexibility index (Phi) is 4.97. The highest BCUT2D eigenvalue weighted by Gasteiger charge is 2.21. The molecule has 1 aliphatic rings. The molecule has 5 heteroatoms. The summed E-state index contributed by atoms with van der Waals surface area (Å²) >= 11 is 1.70. The largest absolute Gasteiger partial charge is 0.379 e. The van der Waals surface area contributed by atoms with Crippen LogP contribution in [0.15, 0.2) is 0 Å². The number of hydrogen-bond donors (Lipinski definition) is 1. The van der Waals surface area contributed by atoms with Crippen LogP contribution in [0.5, 0.6) is 0 Å². The fourth-order valence-corrected chi connectivity index (χ4v) is 2.81. The molecular formula is C13H23N3OS. The Morgan fingerprint density at radius 2 is 2.28 bits per heavy atom. The molecular weight excluding hydrogens is 246 g/mol. The van der Waals surface area contributed by atoms with Gasteiger partial charge >= 0.3 is 0 Å². The van der Waals surface area contributed by atoms with E-state index in [0.717, 1.165) is 42.9 Å². The van der Waals surface area contributed by atoms with Gasteiger partial charge in [0.25, 0.3) is 0 Å². The molecule has 1 aliphatic carbocycles. The smallest absolute Gasteiger partial charge is 0.185 e. The maximum atomic E-state index is 5.73. The molecule has 2 N–H and O–H groups in total. The average Bonchev–Trinajstić information content (AvgIpc) is 3.11. The quantitative estimate of drug-likeness (QED) is 0.734. The minimum Gasteiger partial charge on any atom is -0.379 e. The van der Waals surface area contributed by atoms with Gasteiger partial charge in [0.05, 0.1) is 12.3 Å². The van der Waals surface area contributed by atoms with E-state index in [9.17, 15) is 0 Å². The Bertz CT molecular complexity index is 355. The molecule has 0 radical (unpaired) electrons. The normalized spacial score (nSPS) is 15.1. The van der Waals surface area contributed by atoms with Crippen LogP contribution in [0.1, 0.15) is 30.3 Å². The molecule has 0 unspecified atom stereocenters. The van der Waals surface area contributed by atoms with Crippen LogP contribution < -0.4 is 10.6 Å². The van der Waals surface area contributed by atoms with Crippen LogP contribution in [0, 0.1) is 5.92 Å². The number of thiazole rings is 1. The van der Waals surface area contributed by atoms with Crippen LogP contribution in [-0.4, -0.2) is 31.8 Å². The summed E-state index contributed by atoms with van der Waals surface area (Å²) in [5.74, 6) is 0.839. The molecule has 102 valence electrons. The number of anilines is 1. The molecule has 0 spiro atoms. The average molecular weight is 269 g/mol. The molecule has 0 aromatic carbocycles. The highest BCUT2D eigenvalue weighted by atomic mass is 32.1. The lowest BCUT2D eigenvalue weighted by molar-refractivity contribution is 0.131. The van der Waals surface area contributed by atoms with E-state index in [-0.39, 0.29) is 0 Å². The van der Waals surface area contributed by atoms with Crippen molar-refractivity contribution in [3.05, 3.63) is 10.6 Å². The second kappa shape index (κ2) is 6.50. The van der Waals surface area contributed by atoms with Crippen molar-refractivity contribution >= 4 is 16.5 Å². The van der Waals surface area contributed by atoms with E-state index in [0.29, 0.717) is 6.54 Å². The zero-order valence-electron chi connectivity index (χ0n) is 11.3. The number of hydrogen-bond acceptors (Lipinski definition) is 5. The van der Waals surface area contributed by atoms with E-state index in [2.05, 4.69) is 23.9 Å². The highest BCUT2D eigenvalue weighted by molar-refractivity contribution is 7.15. The van der Waals surface area contributed by atoms with E-state index >= 15 is 0 Å². The number of likely N-dealkylation sites (N-methyl/N-ethyl adjacent to an activating group) is 1. The van der Waals surface area contributed by atoms with Crippen molar-refractivity contribution in [2.75, 3.05) is 31.7 Å². The SMILES string of the molecule is CCc1nc(N(C)CCOCC2CC2)sc1CN. The predicted octanol–water partition coefficient (Wildman–Crippen LogP) is 2.03. The first-order chi connectivity index (χ1) is 8.74. The van der Waals surface area contributed by atoms with Gasteiger partial charge in [-0.15, -0.1) is 11.3 Å². The van der Waals surface area contributed by atoms with Crippen LogP contribution in [-0.2, 0) is 17.7 Å². The highest BCUT2D eigenvalue weighted by Crippen LogP contribution is 2.29. The van der Waals surface area contributed by atoms with Gasteiger partial charge in [-0.2, -0.15) is 0 Å². The first-order valence-electron chi connectivity index (χ1n) is 6.72. The lowest BCUT2D eigenvalue weighted by Gasteiger charge is -2.15. The zero-order chi connectivity index (χ0) is 13.0. The predicted molar refractivity (Wildman–Crippen MR) is 76.2 cm³/mol. The Morgan fingerprint density at radius 3 is 2.83 bits per heavy atom. The number of ether oxygens (including phenoxy) is 1. The van der Waals surface area contributed by atoms with Crippen molar-refractivity contribution in [2.45, 2.75) is 32.7 Å². The van der Waals surface area contributed by atoms with Gasteiger partial charge in [-0.3, -0.25) is 0 Å². The van der Waals surface area contributed by atoms with E-state index in [1.807, 2.05) is 0 Å². The third-order valence-corrected chi connectivity index (χ3v) is 4.47. The second-order valence-electron chi connectivity index (χ2n) is 4.86. The summed E-state index contributed by atoms with van der Waals surface area (Å²) < 4.78 is 5.65. The van der Waals surface area contributed by atoms with E-state index in [4.69, 9.17) is 10.5 Å². The summed E-state index contributed by atoms with van der Waals surface area (Å²) in [6, 6.07) is 0. The fourth-order valence-electron chi connectivity index (χ4n) is 1.80. The lowest BCUT2D eigenvalue weighted by atomic mass is 10.3. The van der Waals surface area contributed by atoms with E-state index in [1.165, 1.54) is 17.7 Å². The summed E-state index contributed by atoms with van der Waals surface area (Å²) in [6.07, 6.45) is 3.65. The monoisotopic (exact) mass is 269 g/mol.